The zero-order chi connectivity index (χ0) is 10.7. The minimum atomic E-state index is 0.00648. The minimum Gasteiger partial charge on any atom is -0.392 e. The van der Waals surface area contributed by atoms with Crippen LogP contribution in [0.2, 0.25) is 0 Å². The molecule has 2 heterocycles. The molecule has 0 saturated carbocycles. The number of anilines is 1. The molecule has 0 aromatic carbocycles. The van der Waals surface area contributed by atoms with Crippen LogP contribution in [0.5, 0.6) is 0 Å². The highest BCUT2D eigenvalue weighted by atomic mass is 32.2. The molecule has 1 aliphatic heterocycles. The molecular weight excluding hydrogens is 210 g/mol. The molecule has 1 aromatic rings. The average Bonchev–Trinajstić information content (AvgIpc) is 2.29. The topological polar surface area (TPSA) is 49.2 Å². The highest BCUT2D eigenvalue weighted by Crippen LogP contribution is 2.20. The summed E-state index contributed by atoms with van der Waals surface area (Å²) in [6, 6.07) is 0. The quantitative estimate of drug-likeness (QED) is 0.810. The van der Waals surface area contributed by atoms with E-state index >= 15 is 0 Å². The van der Waals surface area contributed by atoms with Crippen LogP contribution in [0.1, 0.15) is 12.5 Å². The van der Waals surface area contributed by atoms with Crippen LogP contribution in [-0.2, 0) is 6.61 Å². The van der Waals surface area contributed by atoms with E-state index in [-0.39, 0.29) is 6.61 Å². The van der Waals surface area contributed by atoms with Gasteiger partial charge in [-0.15, -0.1) is 0 Å². The van der Waals surface area contributed by atoms with Gasteiger partial charge in [0, 0.05) is 42.0 Å². The summed E-state index contributed by atoms with van der Waals surface area (Å²) in [5.74, 6) is 1.91. The van der Waals surface area contributed by atoms with Crippen molar-refractivity contribution in [3.63, 3.8) is 0 Å². The van der Waals surface area contributed by atoms with Crippen LogP contribution in [0.15, 0.2) is 12.4 Å². The van der Waals surface area contributed by atoms with Crippen molar-refractivity contribution in [2.75, 3.05) is 23.7 Å². The molecule has 1 unspecified atom stereocenters. The van der Waals surface area contributed by atoms with Gasteiger partial charge in [-0.3, -0.25) is 0 Å². The van der Waals surface area contributed by atoms with Crippen molar-refractivity contribution in [3.05, 3.63) is 18.0 Å². The van der Waals surface area contributed by atoms with Crippen molar-refractivity contribution in [1.82, 2.24) is 9.97 Å². The summed E-state index contributed by atoms with van der Waals surface area (Å²) in [5.41, 5.74) is 0.762. The summed E-state index contributed by atoms with van der Waals surface area (Å²) in [6.07, 6.45) is 3.38. The molecule has 15 heavy (non-hydrogen) atoms. The Morgan fingerprint density at radius 1 is 1.53 bits per heavy atom. The van der Waals surface area contributed by atoms with E-state index in [0.29, 0.717) is 5.25 Å². The number of nitrogens with zero attached hydrogens (tertiary/aromatic N) is 3. The summed E-state index contributed by atoms with van der Waals surface area (Å²) in [7, 11) is 0. The molecule has 5 heteroatoms. The van der Waals surface area contributed by atoms with E-state index in [4.69, 9.17) is 5.11 Å². The Hall–Kier alpha value is -0.810. The van der Waals surface area contributed by atoms with E-state index < -0.39 is 0 Å². The third-order valence-corrected chi connectivity index (χ3v) is 3.53. The van der Waals surface area contributed by atoms with E-state index in [9.17, 15) is 0 Å². The number of rotatable bonds is 2. The number of aliphatic hydroxyl groups is 1. The Bertz CT molecular complexity index is 317. The van der Waals surface area contributed by atoms with Crippen LogP contribution in [0.3, 0.4) is 0 Å². The normalized spacial score (nSPS) is 21.7. The lowest BCUT2D eigenvalue weighted by Crippen LogP contribution is -2.37. The SMILES string of the molecule is CC1CN(c2ncc(CO)cn2)CCS1. The van der Waals surface area contributed by atoms with Crippen molar-refractivity contribution in [2.24, 2.45) is 0 Å². The Morgan fingerprint density at radius 2 is 2.27 bits per heavy atom. The second kappa shape index (κ2) is 4.81. The van der Waals surface area contributed by atoms with Gasteiger partial charge in [0.25, 0.3) is 0 Å². The van der Waals surface area contributed by atoms with Crippen molar-refractivity contribution >= 4 is 17.7 Å². The molecule has 1 aromatic heterocycles. The van der Waals surface area contributed by atoms with Crippen molar-refractivity contribution in [3.8, 4) is 0 Å². The maximum Gasteiger partial charge on any atom is 0.225 e. The van der Waals surface area contributed by atoms with Crippen LogP contribution < -0.4 is 4.90 Å². The minimum absolute atomic E-state index is 0.00648. The van der Waals surface area contributed by atoms with E-state index in [1.165, 1.54) is 0 Å². The fourth-order valence-electron chi connectivity index (χ4n) is 1.59. The van der Waals surface area contributed by atoms with Crippen molar-refractivity contribution < 1.29 is 5.11 Å². The second-order valence-electron chi connectivity index (χ2n) is 3.68. The predicted octanol–water partition coefficient (Wildman–Crippen LogP) is 0.911. The Labute approximate surface area is 93.7 Å². The first-order chi connectivity index (χ1) is 7.29. The molecule has 1 saturated heterocycles. The molecule has 0 amide bonds. The fraction of sp³-hybridized carbons (Fsp3) is 0.600. The Balaban J connectivity index is 2.07. The van der Waals surface area contributed by atoms with Gasteiger partial charge in [-0.2, -0.15) is 11.8 Å². The van der Waals surface area contributed by atoms with Crippen molar-refractivity contribution in [1.29, 1.82) is 0 Å². The lowest BCUT2D eigenvalue weighted by atomic mass is 10.3. The standard InChI is InChI=1S/C10H15N3OS/c1-8-6-13(2-3-15-8)10-11-4-9(7-14)5-12-10/h4-5,8,14H,2-3,6-7H2,1H3. The van der Waals surface area contributed by atoms with Gasteiger partial charge in [0.05, 0.1) is 6.61 Å². The Kier molecular flexibility index (Phi) is 3.43. The lowest BCUT2D eigenvalue weighted by Gasteiger charge is -2.30. The van der Waals surface area contributed by atoms with Gasteiger partial charge in [0.15, 0.2) is 0 Å². The van der Waals surface area contributed by atoms with Gasteiger partial charge in [-0.05, 0) is 0 Å². The largest absolute Gasteiger partial charge is 0.392 e. The highest BCUT2D eigenvalue weighted by Gasteiger charge is 2.18. The van der Waals surface area contributed by atoms with Gasteiger partial charge in [-0.1, -0.05) is 6.92 Å². The smallest absolute Gasteiger partial charge is 0.225 e. The van der Waals surface area contributed by atoms with E-state index in [0.717, 1.165) is 30.4 Å². The molecule has 4 nitrogen and oxygen atoms in total. The van der Waals surface area contributed by atoms with Gasteiger partial charge in [0.1, 0.15) is 0 Å². The fourth-order valence-corrected chi connectivity index (χ4v) is 2.61. The maximum absolute atomic E-state index is 8.88. The Morgan fingerprint density at radius 3 is 2.87 bits per heavy atom. The molecular formula is C10H15N3OS. The van der Waals surface area contributed by atoms with E-state index in [1.54, 1.807) is 12.4 Å². The van der Waals surface area contributed by atoms with Gasteiger partial charge in [-0.25, -0.2) is 9.97 Å². The molecule has 0 bridgehead atoms. The third-order valence-electron chi connectivity index (χ3n) is 2.40. The number of thioether (sulfide) groups is 1. The summed E-state index contributed by atoms with van der Waals surface area (Å²) >= 11 is 1.99. The molecule has 1 atom stereocenters. The van der Waals surface area contributed by atoms with E-state index in [2.05, 4.69) is 21.8 Å². The lowest BCUT2D eigenvalue weighted by molar-refractivity contribution is 0.281. The molecule has 2 rings (SSSR count). The third kappa shape index (κ3) is 2.60. The average molecular weight is 225 g/mol. The van der Waals surface area contributed by atoms with Crippen molar-refractivity contribution in [2.45, 2.75) is 18.8 Å². The first-order valence-electron chi connectivity index (χ1n) is 5.08. The van der Waals surface area contributed by atoms with Gasteiger partial charge >= 0.3 is 0 Å². The van der Waals surface area contributed by atoms with Crippen LogP contribution in [-0.4, -0.2) is 39.2 Å². The van der Waals surface area contributed by atoms with Gasteiger partial charge < -0.3 is 10.0 Å². The molecule has 0 aliphatic carbocycles. The molecule has 1 aliphatic rings. The van der Waals surface area contributed by atoms with E-state index in [1.807, 2.05) is 11.8 Å². The predicted molar refractivity (Wildman–Crippen MR) is 62.1 cm³/mol. The zero-order valence-corrected chi connectivity index (χ0v) is 9.57. The molecule has 0 spiro atoms. The maximum atomic E-state index is 8.88. The number of hydrogen-bond acceptors (Lipinski definition) is 5. The van der Waals surface area contributed by atoms with Crippen LogP contribution in [0.4, 0.5) is 5.95 Å². The summed E-state index contributed by atoms with van der Waals surface area (Å²) in [4.78, 5) is 10.7. The summed E-state index contributed by atoms with van der Waals surface area (Å²) < 4.78 is 0. The summed E-state index contributed by atoms with van der Waals surface area (Å²) in [6.45, 7) is 4.24. The first kappa shape index (κ1) is 10.7. The molecule has 0 radical (unpaired) electrons. The first-order valence-corrected chi connectivity index (χ1v) is 6.13. The monoisotopic (exact) mass is 225 g/mol. The number of aliphatic hydroxyl groups excluding tert-OH is 1. The van der Waals surface area contributed by atoms with Gasteiger partial charge in [0.2, 0.25) is 5.95 Å². The summed E-state index contributed by atoms with van der Waals surface area (Å²) in [5, 5.41) is 9.52. The molecule has 1 fully saturated rings. The van der Waals surface area contributed by atoms with Crippen LogP contribution in [0.25, 0.3) is 0 Å². The molecule has 82 valence electrons. The highest BCUT2D eigenvalue weighted by molar-refractivity contribution is 8.00. The number of hydrogen-bond donors (Lipinski definition) is 1. The second-order valence-corrected chi connectivity index (χ2v) is 5.22. The molecule has 1 N–H and O–H groups in total. The van der Waals surface area contributed by atoms with Crippen LogP contribution >= 0.6 is 11.8 Å². The zero-order valence-electron chi connectivity index (χ0n) is 8.76. The van der Waals surface area contributed by atoms with Crippen LogP contribution in [0, 0.1) is 0 Å². The number of aromatic nitrogens is 2.